The largest absolute Gasteiger partial charge is 0.497 e. The topological polar surface area (TPSA) is 46.6 Å². The smallest absolute Gasteiger partial charge is 0.243 e. The molecule has 18 heavy (non-hydrogen) atoms. The molecular formula is C13H21NO3S. The first-order valence-corrected chi connectivity index (χ1v) is 7.64. The van der Waals surface area contributed by atoms with Gasteiger partial charge >= 0.3 is 0 Å². The van der Waals surface area contributed by atoms with Crippen LogP contribution in [-0.4, -0.2) is 32.9 Å². The highest BCUT2D eigenvalue weighted by Crippen LogP contribution is 2.19. The van der Waals surface area contributed by atoms with E-state index < -0.39 is 10.0 Å². The van der Waals surface area contributed by atoms with Crippen LogP contribution in [0.1, 0.15) is 26.7 Å². The molecule has 0 aliphatic carbocycles. The van der Waals surface area contributed by atoms with E-state index in [9.17, 15) is 8.42 Å². The van der Waals surface area contributed by atoms with Gasteiger partial charge in [0, 0.05) is 13.1 Å². The predicted molar refractivity (Wildman–Crippen MR) is 72.3 cm³/mol. The average Bonchev–Trinajstić information content (AvgIpc) is 2.38. The molecule has 1 aromatic rings. The Hall–Kier alpha value is -1.07. The molecule has 0 N–H and O–H groups in total. The minimum absolute atomic E-state index is 0.324. The molecule has 0 unspecified atom stereocenters. The minimum atomic E-state index is -3.37. The molecule has 0 fully saturated rings. The van der Waals surface area contributed by atoms with Crippen LogP contribution in [0.2, 0.25) is 0 Å². The molecule has 0 radical (unpaired) electrons. The second kappa shape index (κ2) is 6.75. The fourth-order valence-corrected chi connectivity index (χ4v) is 3.37. The number of hydrogen-bond donors (Lipinski definition) is 0. The first-order valence-electron chi connectivity index (χ1n) is 6.20. The Bertz CT molecular complexity index is 448. The molecule has 0 saturated heterocycles. The van der Waals surface area contributed by atoms with Gasteiger partial charge in [-0.2, -0.15) is 4.31 Å². The lowest BCUT2D eigenvalue weighted by Gasteiger charge is -2.21. The van der Waals surface area contributed by atoms with Crippen molar-refractivity contribution >= 4 is 10.0 Å². The number of hydrogen-bond acceptors (Lipinski definition) is 3. The summed E-state index contributed by atoms with van der Waals surface area (Å²) in [5.41, 5.74) is 0. The van der Waals surface area contributed by atoms with Crippen molar-refractivity contribution in [1.29, 1.82) is 0 Å². The maximum atomic E-state index is 12.4. The lowest BCUT2D eigenvalue weighted by molar-refractivity contribution is 0.408. The Balaban J connectivity index is 3.01. The zero-order valence-electron chi connectivity index (χ0n) is 11.2. The van der Waals surface area contributed by atoms with E-state index in [-0.39, 0.29) is 0 Å². The Morgan fingerprint density at radius 2 is 1.56 bits per heavy atom. The minimum Gasteiger partial charge on any atom is -0.497 e. The first-order chi connectivity index (χ1) is 8.56. The third-order valence-electron chi connectivity index (χ3n) is 2.64. The van der Waals surface area contributed by atoms with E-state index in [2.05, 4.69) is 0 Å². The molecule has 0 aliphatic heterocycles. The summed E-state index contributed by atoms with van der Waals surface area (Å²) in [7, 11) is -1.81. The van der Waals surface area contributed by atoms with Crippen molar-refractivity contribution in [2.24, 2.45) is 0 Å². The maximum absolute atomic E-state index is 12.4. The Morgan fingerprint density at radius 3 is 1.94 bits per heavy atom. The Labute approximate surface area is 110 Å². The van der Waals surface area contributed by atoms with Gasteiger partial charge in [-0.25, -0.2) is 8.42 Å². The van der Waals surface area contributed by atoms with Gasteiger partial charge in [0.1, 0.15) is 5.75 Å². The van der Waals surface area contributed by atoms with Gasteiger partial charge in [0.05, 0.1) is 12.0 Å². The number of sulfonamides is 1. The summed E-state index contributed by atoms with van der Waals surface area (Å²) in [5, 5.41) is 0. The highest BCUT2D eigenvalue weighted by Gasteiger charge is 2.22. The van der Waals surface area contributed by atoms with Crippen LogP contribution < -0.4 is 4.74 Å². The molecule has 0 atom stereocenters. The number of ether oxygens (including phenoxy) is 1. The molecule has 1 aromatic carbocycles. The third kappa shape index (κ3) is 3.46. The van der Waals surface area contributed by atoms with Gasteiger partial charge in [-0.05, 0) is 37.1 Å². The Kier molecular flexibility index (Phi) is 5.62. The maximum Gasteiger partial charge on any atom is 0.243 e. The summed E-state index contributed by atoms with van der Waals surface area (Å²) in [6.45, 7) is 5.07. The standard InChI is InChI=1S/C13H21NO3S/c1-4-10-14(11-5-2)18(15,16)13-8-6-12(17-3)7-9-13/h6-9H,4-5,10-11H2,1-3H3. The molecule has 5 heteroatoms. The number of benzene rings is 1. The molecule has 0 saturated carbocycles. The van der Waals surface area contributed by atoms with Gasteiger partial charge in [0.2, 0.25) is 10.0 Å². The monoisotopic (exact) mass is 271 g/mol. The van der Waals surface area contributed by atoms with Gasteiger partial charge < -0.3 is 4.74 Å². The Morgan fingerprint density at radius 1 is 1.06 bits per heavy atom. The summed E-state index contributed by atoms with van der Waals surface area (Å²) in [4.78, 5) is 0.324. The van der Waals surface area contributed by atoms with Crippen LogP contribution in [0, 0.1) is 0 Å². The van der Waals surface area contributed by atoms with Gasteiger partial charge in [-0.1, -0.05) is 13.8 Å². The van der Waals surface area contributed by atoms with Crippen molar-refractivity contribution < 1.29 is 13.2 Å². The van der Waals surface area contributed by atoms with Gasteiger partial charge in [-0.15, -0.1) is 0 Å². The lowest BCUT2D eigenvalue weighted by atomic mass is 10.3. The summed E-state index contributed by atoms with van der Waals surface area (Å²) in [6, 6.07) is 6.52. The molecule has 0 aromatic heterocycles. The second-order valence-corrected chi connectivity index (χ2v) is 6.02. The summed E-state index contributed by atoms with van der Waals surface area (Å²) < 4.78 is 31.4. The second-order valence-electron chi connectivity index (χ2n) is 4.08. The average molecular weight is 271 g/mol. The van der Waals surface area contributed by atoms with Crippen LogP contribution in [0.5, 0.6) is 5.75 Å². The van der Waals surface area contributed by atoms with Crippen molar-refractivity contribution in [1.82, 2.24) is 4.31 Å². The molecule has 0 spiro atoms. The summed E-state index contributed by atoms with van der Waals surface area (Å²) in [5.74, 6) is 0.659. The SMILES string of the molecule is CCCN(CCC)S(=O)(=O)c1ccc(OC)cc1. The van der Waals surface area contributed by atoms with Crippen LogP contribution >= 0.6 is 0 Å². The zero-order chi connectivity index (χ0) is 13.6. The molecular weight excluding hydrogens is 250 g/mol. The fourth-order valence-electron chi connectivity index (χ4n) is 1.75. The van der Waals surface area contributed by atoms with E-state index >= 15 is 0 Å². The first kappa shape index (κ1) is 15.0. The van der Waals surface area contributed by atoms with Crippen LogP contribution in [0.3, 0.4) is 0 Å². The molecule has 0 heterocycles. The summed E-state index contributed by atoms with van der Waals surface area (Å²) in [6.07, 6.45) is 1.63. The molecule has 4 nitrogen and oxygen atoms in total. The number of nitrogens with zero attached hydrogens (tertiary/aromatic N) is 1. The van der Waals surface area contributed by atoms with Crippen molar-refractivity contribution in [2.45, 2.75) is 31.6 Å². The fraction of sp³-hybridized carbons (Fsp3) is 0.538. The van der Waals surface area contributed by atoms with Crippen molar-refractivity contribution in [3.8, 4) is 5.75 Å². The molecule has 102 valence electrons. The summed E-state index contributed by atoms with van der Waals surface area (Å²) >= 11 is 0. The van der Waals surface area contributed by atoms with Crippen molar-refractivity contribution in [3.63, 3.8) is 0 Å². The van der Waals surface area contributed by atoms with Gasteiger partial charge in [0.25, 0.3) is 0 Å². The molecule has 1 rings (SSSR count). The predicted octanol–water partition coefficient (Wildman–Crippen LogP) is 2.51. The van der Waals surface area contributed by atoms with Crippen LogP contribution in [-0.2, 0) is 10.0 Å². The van der Waals surface area contributed by atoms with E-state index in [1.54, 1.807) is 31.4 Å². The third-order valence-corrected chi connectivity index (χ3v) is 4.56. The number of rotatable bonds is 7. The number of methoxy groups -OCH3 is 1. The van der Waals surface area contributed by atoms with Gasteiger partial charge in [0.15, 0.2) is 0 Å². The van der Waals surface area contributed by atoms with Gasteiger partial charge in [-0.3, -0.25) is 0 Å². The van der Waals surface area contributed by atoms with E-state index in [4.69, 9.17) is 4.74 Å². The molecule has 0 bridgehead atoms. The lowest BCUT2D eigenvalue weighted by Crippen LogP contribution is -2.32. The van der Waals surface area contributed by atoms with E-state index in [1.165, 1.54) is 4.31 Å². The highest BCUT2D eigenvalue weighted by atomic mass is 32.2. The molecule has 0 amide bonds. The zero-order valence-corrected chi connectivity index (χ0v) is 12.0. The normalized spacial score (nSPS) is 11.8. The quantitative estimate of drug-likeness (QED) is 0.765. The molecule has 0 aliphatic rings. The van der Waals surface area contributed by atoms with Crippen molar-refractivity contribution in [2.75, 3.05) is 20.2 Å². The van der Waals surface area contributed by atoms with E-state index in [0.717, 1.165) is 12.8 Å². The van der Waals surface area contributed by atoms with Crippen LogP contribution in [0.4, 0.5) is 0 Å². The van der Waals surface area contributed by atoms with Crippen LogP contribution in [0.15, 0.2) is 29.2 Å². The highest BCUT2D eigenvalue weighted by molar-refractivity contribution is 7.89. The van der Waals surface area contributed by atoms with Crippen LogP contribution in [0.25, 0.3) is 0 Å². The van der Waals surface area contributed by atoms with Crippen molar-refractivity contribution in [3.05, 3.63) is 24.3 Å². The van der Waals surface area contributed by atoms with E-state index in [0.29, 0.717) is 23.7 Å². The van der Waals surface area contributed by atoms with E-state index in [1.807, 2.05) is 13.8 Å².